The molecule has 0 bridgehead atoms. The largest absolute Gasteiger partial charge is 0.372 e. The SMILES string of the molecule is CCCOCC(=O)N(C)C1CNC1. The van der Waals surface area contributed by atoms with Gasteiger partial charge in [0.05, 0.1) is 6.04 Å². The van der Waals surface area contributed by atoms with Crippen LogP contribution in [-0.4, -0.2) is 50.2 Å². The number of rotatable bonds is 5. The molecule has 0 aromatic heterocycles. The van der Waals surface area contributed by atoms with Crippen LogP contribution in [0.25, 0.3) is 0 Å². The van der Waals surface area contributed by atoms with Gasteiger partial charge in [-0.05, 0) is 6.42 Å². The molecule has 1 rings (SSSR count). The first-order chi connectivity index (χ1) is 6.25. The predicted molar refractivity (Wildman–Crippen MR) is 50.5 cm³/mol. The molecule has 1 N–H and O–H groups in total. The van der Waals surface area contributed by atoms with Crippen molar-refractivity contribution in [3.8, 4) is 0 Å². The quantitative estimate of drug-likeness (QED) is 0.607. The maximum absolute atomic E-state index is 11.4. The second-order valence-corrected chi connectivity index (χ2v) is 3.37. The van der Waals surface area contributed by atoms with E-state index in [4.69, 9.17) is 4.74 Å². The first-order valence-electron chi connectivity index (χ1n) is 4.79. The van der Waals surface area contributed by atoms with Gasteiger partial charge in [-0.15, -0.1) is 0 Å². The highest BCUT2D eigenvalue weighted by molar-refractivity contribution is 5.77. The molecule has 1 amide bonds. The Kier molecular flexibility index (Phi) is 4.18. The molecule has 1 heterocycles. The third-order valence-electron chi connectivity index (χ3n) is 2.28. The molecule has 1 saturated heterocycles. The molecule has 4 nitrogen and oxygen atoms in total. The van der Waals surface area contributed by atoms with Crippen molar-refractivity contribution in [2.24, 2.45) is 0 Å². The van der Waals surface area contributed by atoms with Gasteiger partial charge >= 0.3 is 0 Å². The van der Waals surface area contributed by atoms with Crippen LogP contribution in [0.5, 0.6) is 0 Å². The molecule has 0 aromatic rings. The zero-order valence-corrected chi connectivity index (χ0v) is 8.38. The second kappa shape index (κ2) is 5.19. The zero-order chi connectivity index (χ0) is 9.68. The maximum atomic E-state index is 11.4. The van der Waals surface area contributed by atoms with Gasteiger partial charge in [0.1, 0.15) is 6.61 Å². The molecular weight excluding hydrogens is 168 g/mol. The first-order valence-corrected chi connectivity index (χ1v) is 4.79. The van der Waals surface area contributed by atoms with Gasteiger partial charge in [-0.3, -0.25) is 4.79 Å². The molecule has 0 atom stereocenters. The van der Waals surface area contributed by atoms with Gasteiger partial charge in [0.2, 0.25) is 5.91 Å². The zero-order valence-electron chi connectivity index (χ0n) is 8.38. The summed E-state index contributed by atoms with van der Waals surface area (Å²) >= 11 is 0. The smallest absolute Gasteiger partial charge is 0.248 e. The molecule has 1 aliphatic rings. The van der Waals surface area contributed by atoms with Crippen molar-refractivity contribution in [2.75, 3.05) is 33.4 Å². The Hall–Kier alpha value is -0.610. The predicted octanol–water partition coefficient (Wildman–Crippen LogP) is -0.157. The third kappa shape index (κ3) is 2.97. The Morgan fingerprint density at radius 1 is 1.62 bits per heavy atom. The molecule has 0 aromatic carbocycles. The highest BCUT2D eigenvalue weighted by Crippen LogP contribution is 2.02. The number of nitrogens with one attached hydrogen (secondary N) is 1. The number of carbonyl (C=O) groups excluding carboxylic acids is 1. The summed E-state index contributed by atoms with van der Waals surface area (Å²) in [6, 6.07) is 0.373. The van der Waals surface area contributed by atoms with Crippen LogP contribution in [0.3, 0.4) is 0 Å². The number of carbonyl (C=O) groups is 1. The van der Waals surface area contributed by atoms with Crippen LogP contribution in [0.15, 0.2) is 0 Å². The van der Waals surface area contributed by atoms with E-state index in [0.29, 0.717) is 12.6 Å². The number of ether oxygens (including phenoxy) is 1. The van der Waals surface area contributed by atoms with E-state index in [-0.39, 0.29) is 12.5 Å². The number of likely N-dealkylation sites (N-methyl/N-ethyl adjacent to an activating group) is 1. The van der Waals surface area contributed by atoms with E-state index in [9.17, 15) is 4.79 Å². The Labute approximate surface area is 79.2 Å². The van der Waals surface area contributed by atoms with Gasteiger partial charge in [-0.1, -0.05) is 6.92 Å². The maximum Gasteiger partial charge on any atom is 0.248 e. The minimum absolute atomic E-state index is 0.0833. The van der Waals surface area contributed by atoms with Gasteiger partial charge in [0, 0.05) is 26.7 Å². The van der Waals surface area contributed by atoms with Crippen LogP contribution >= 0.6 is 0 Å². The van der Waals surface area contributed by atoms with Crippen LogP contribution < -0.4 is 5.32 Å². The fraction of sp³-hybridized carbons (Fsp3) is 0.889. The number of hydrogen-bond donors (Lipinski definition) is 1. The monoisotopic (exact) mass is 186 g/mol. The van der Waals surface area contributed by atoms with Crippen molar-refractivity contribution in [3.63, 3.8) is 0 Å². The minimum atomic E-state index is 0.0833. The Morgan fingerprint density at radius 3 is 2.77 bits per heavy atom. The standard InChI is InChI=1S/C9H18N2O2/c1-3-4-13-7-9(12)11(2)8-5-10-6-8/h8,10H,3-7H2,1-2H3. The lowest BCUT2D eigenvalue weighted by atomic mass is 10.1. The van der Waals surface area contributed by atoms with E-state index in [1.165, 1.54) is 0 Å². The topological polar surface area (TPSA) is 41.6 Å². The summed E-state index contributed by atoms with van der Waals surface area (Å²) in [5.41, 5.74) is 0. The molecule has 0 radical (unpaired) electrons. The summed E-state index contributed by atoms with van der Waals surface area (Å²) < 4.78 is 5.17. The normalized spacial score (nSPS) is 16.8. The van der Waals surface area contributed by atoms with E-state index >= 15 is 0 Å². The van der Waals surface area contributed by atoms with E-state index < -0.39 is 0 Å². The summed E-state index contributed by atoms with van der Waals surface area (Å²) in [4.78, 5) is 13.2. The van der Waals surface area contributed by atoms with Crippen LogP contribution in [-0.2, 0) is 9.53 Å². The summed E-state index contributed by atoms with van der Waals surface area (Å²) in [7, 11) is 1.84. The first kappa shape index (κ1) is 10.5. The second-order valence-electron chi connectivity index (χ2n) is 3.37. The van der Waals surface area contributed by atoms with Crippen molar-refractivity contribution in [1.82, 2.24) is 10.2 Å². The fourth-order valence-corrected chi connectivity index (χ4v) is 1.16. The highest BCUT2D eigenvalue weighted by atomic mass is 16.5. The molecule has 0 unspecified atom stereocenters. The van der Waals surface area contributed by atoms with E-state index in [1.54, 1.807) is 4.90 Å². The van der Waals surface area contributed by atoms with Crippen LogP contribution in [0.2, 0.25) is 0 Å². The third-order valence-corrected chi connectivity index (χ3v) is 2.28. The fourth-order valence-electron chi connectivity index (χ4n) is 1.16. The lowest BCUT2D eigenvalue weighted by Gasteiger charge is -2.35. The molecule has 76 valence electrons. The number of nitrogens with zero attached hydrogens (tertiary/aromatic N) is 1. The van der Waals surface area contributed by atoms with Gasteiger partial charge in [0.25, 0.3) is 0 Å². The van der Waals surface area contributed by atoms with Crippen molar-refractivity contribution in [1.29, 1.82) is 0 Å². The number of hydrogen-bond acceptors (Lipinski definition) is 3. The average Bonchev–Trinajstić information content (AvgIpc) is 2.01. The van der Waals surface area contributed by atoms with Crippen LogP contribution in [0.1, 0.15) is 13.3 Å². The average molecular weight is 186 g/mol. The molecule has 4 heteroatoms. The van der Waals surface area contributed by atoms with Crippen LogP contribution in [0, 0.1) is 0 Å². The lowest BCUT2D eigenvalue weighted by molar-refractivity contribution is -0.137. The molecule has 0 aliphatic carbocycles. The molecular formula is C9H18N2O2. The molecule has 0 spiro atoms. The molecule has 0 saturated carbocycles. The van der Waals surface area contributed by atoms with Crippen molar-refractivity contribution < 1.29 is 9.53 Å². The van der Waals surface area contributed by atoms with Crippen LogP contribution in [0.4, 0.5) is 0 Å². The summed E-state index contributed by atoms with van der Waals surface area (Å²) in [5.74, 6) is 0.0833. The summed E-state index contributed by atoms with van der Waals surface area (Å²) in [6.07, 6.45) is 0.960. The Bertz CT molecular complexity index is 169. The molecule has 13 heavy (non-hydrogen) atoms. The number of amides is 1. The van der Waals surface area contributed by atoms with Crippen molar-refractivity contribution in [3.05, 3.63) is 0 Å². The Balaban J connectivity index is 2.13. The highest BCUT2D eigenvalue weighted by Gasteiger charge is 2.24. The van der Waals surface area contributed by atoms with Crippen molar-refractivity contribution >= 4 is 5.91 Å². The van der Waals surface area contributed by atoms with Gasteiger partial charge in [-0.25, -0.2) is 0 Å². The summed E-state index contributed by atoms with van der Waals surface area (Å²) in [5, 5.41) is 3.13. The summed E-state index contributed by atoms with van der Waals surface area (Å²) in [6.45, 7) is 4.75. The molecule has 1 fully saturated rings. The van der Waals surface area contributed by atoms with Gasteiger partial charge in [0.15, 0.2) is 0 Å². The van der Waals surface area contributed by atoms with E-state index in [1.807, 2.05) is 14.0 Å². The Morgan fingerprint density at radius 2 is 2.31 bits per heavy atom. The van der Waals surface area contributed by atoms with Crippen molar-refractivity contribution in [2.45, 2.75) is 19.4 Å². The van der Waals surface area contributed by atoms with E-state index in [0.717, 1.165) is 19.5 Å². The van der Waals surface area contributed by atoms with E-state index in [2.05, 4.69) is 5.32 Å². The lowest BCUT2D eigenvalue weighted by Crippen LogP contribution is -2.58. The molecule has 1 aliphatic heterocycles. The minimum Gasteiger partial charge on any atom is -0.372 e. The van der Waals surface area contributed by atoms with Gasteiger partial charge < -0.3 is 15.0 Å². The van der Waals surface area contributed by atoms with Gasteiger partial charge in [-0.2, -0.15) is 0 Å².